The van der Waals surface area contributed by atoms with E-state index in [-0.39, 0.29) is 0 Å². The van der Waals surface area contributed by atoms with Gasteiger partial charge in [-0.05, 0) is 43.9 Å². The second-order valence-electron chi connectivity index (χ2n) is 5.34. The summed E-state index contributed by atoms with van der Waals surface area (Å²) < 4.78 is 5.46. The summed E-state index contributed by atoms with van der Waals surface area (Å²) in [6.45, 7) is 7.34. The fraction of sp³-hybridized carbons (Fsp3) is 0.625. The number of nitrogens with two attached hydrogens (primary N) is 1. The Morgan fingerprint density at radius 2 is 1.84 bits per heavy atom. The Morgan fingerprint density at radius 1 is 1.16 bits per heavy atom. The van der Waals surface area contributed by atoms with Crippen molar-refractivity contribution in [3.63, 3.8) is 0 Å². The van der Waals surface area contributed by atoms with Crippen molar-refractivity contribution in [1.29, 1.82) is 0 Å². The van der Waals surface area contributed by atoms with Crippen LogP contribution < -0.4 is 15.4 Å². The molecule has 0 fully saturated rings. The number of hydrogen-bond acceptors (Lipinski definition) is 3. The molecule has 0 saturated carbocycles. The highest BCUT2D eigenvalue weighted by molar-refractivity contribution is 5.58. The standard InChI is InChI=1S/C16H28N2O/c1-14(2)8-6-12-18(13-7-11-17)15-9-4-5-10-16(15)19-3/h4-5,9-10,14H,6-8,11-13,17H2,1-3H3. The van der Waals surface area contributed by atoms with E-state index in [9.17, 15) is 0 Å². The summed E-state index contributed by atoms with van der Waals surface area (Å²) >= 11 is 0. The first-order valence-electron chi connectivity index (χ1n) is 7.27. The van der Waals surface area contributed by atoms with Gasteiger partial charge in [0.15, 0.2) is 0 Å². The van der Waals surface area contributed by atoms with Gasteiger partial charge in [-0.15, -0.1) is 0 Å². The second kappa shape index (κ2) is 8.81. The van der Waals surface area contributed by atoms with E-state index >= 15 is 0 Å². The van der Waals surface area contributed by atoms with Gasteiger partial charge in [0, 0.05) is 13.1 Å². The van der Waals surface area contributed by atoms with Crippen LogP contribution in [0.5, 0.6) is 5.75 Å². The van der Waals surface area contributed by atoms with Gasteiger partial charge < -0.3 is 15.4 Å². The van der Waals surface area contributed by atoms with Crippen molar-refractivity contribution >= 4 is 5.69 Å². The molecule has 3 nitrogen and oxygen atoms in total. The van der Waals surface area contributed by atoms with E-state index in [2.05, 4.69) is 30.9 Å². The third-order valence-electron chi connectivity index (χ3n) is 3.27. The highest BCUT2D eigenvalue weighted by Gasteiger charge is 2.11. The van der Waals surface area contributed by atoms with Crippen molar-refractivity contribution in [2.24, 2.45) is 11.7 Å². The summed E-state index contributed by atoms with van der Waals surface area (Å²) in [6.07, 6.45) is 3.48. The van der Waals surface area contributed by atoms with Crippen LogP contribution in [0.4, 0.5) is 5.69 Å². The Hall–Kier alpha value is -1.22. The topological polar surface area (TPSA) is 38.5 Å². The number of ether oxygens (including phenoxy) is 1. The quantitative estimate of drug-likeness (QED) is 0.744. The lowest BCUT2D eigenvalue weighted by atomic mass is 10.1. The van der Waals surface area contributed by atoms with Gasteiger partial charge in [-0.25, -0.2) is 0 Å². The first kappa shape index (κ1) is 15.8. The van der Waals surface area contributed by atoms with Crippen molar-refractivity contribution in [1.82, 2.24) is 0 Å². The predicted octanol–water partition coefficient (Wildman–Crippen LogP) is 3.29. The molecule has 0 aliphatic heterocycles. The minimum Gasteiger partial charge on any atom is -0.495 e. The van der Waals surface area contributed by atoms with Crippen molar-refractivity contribution < 1.29 is 4.74 Å². The lowest BCUT2D eigenvalue weighted by Crippen LogP contribution is -2.27. The predicted molar refractivity (Wildman–Crippen MR) is 83.0 cm³/mol. The first-order chi connectivity index (χ1) is 9.19. The van der Waals surface area contributed by atoms with Crippen molar-refractivity contribution in [2.45, 2.75) is 33.1 Å². The molecule has 0 aliphatic carbocycles. The smallest absolute Gasteiger partial charge is 0.142 e. The maximum atomic E-state index is 5.64. The Labute approximate surface area is 117 Å². The Balaban J connectivity index is 2.71. The summed E-state index contributed by atoms with van der Waals surface area (Å²) in [5.74, 6) is 1.71. The molecular formula is C16H28N2O. The number of hydrogen-bond donors (Lipinski definition) is 1. The molecule has 19 heavy (non-hydrogen) atoms. The van der Waals surface area contributed by atoms with Crippen LogP contribution in [0.3, 0.4) is 0 Å². The highest BCUT2D eigenvalue weighted by Crippen LogP contribution is 2.28. The van der Waals surface area contributed by atoms with Gasteiger partial charge in [0.05, 0.1) is 12.8 Å². The van der Waals surface area contributed by atoms with E-state index < -0.39 is 0 Å². The normalized spacial score (nSPS) is 10.8. The molecule has 2 N–H and O–H groups in total. The van der Waals surface area contributed by atoms with Crippen LogP contribution in [0.25, 0.3) is 0 Å². The van der Waals surface area contributed by atoms with Crippen LogP contribution in [0.15, 0.2) is 24.3 Å². The summed E-state index contributed by atoms with van der Waals surface area (Å²) in [7, 11) is 1.73. The lowest BCUT2D eigenvalue weighted by molar-refractivity contribution is 0.413. The largest absolute Gasteiger partial charge is 0.495 e. The Kier molecular flexibility index (Phi) is 7.34. The molecule has 0 unspecified atom stereocenters. The molecule has 1 aromatic carbocycles. The van der Waals surface area contributed by atoms with E-state index in [1.54, 1.807) is 7.11 Å². The summed E-state index contributed by atoms with van der Waals surface area (Å²) in [6, 6.07) is 8.23. The van der Waals surface area contributed by atoms with Crippen LogP contribution in [0, 0.1) is 5.92 Å². The van der Waals surface area contributed by atoms with Gasteiger partial charge in [-0.3, -0.25) is 0 Å². The maximum absolute atomic E-state index is 5.64. The molecule has 1 aromatic rings. The van der Waals surface area contributed by atoms with Gasteiger partial charge in [0.2, 0.25) is 0 Å². The molecule has 0 bridgehead atoms. The molecule has 108 valence electrons. The SMILES string of the molecule is COc1ccccc1N(CCCN)CCCC(C)C. The van der Waals surface area contributed by atoms with Crippen molar-refractivity contribution in [3.05, 3.63) is 24.3 Å². The average Bonchev–Trinajstić information content (AvgIpc) is 2.42. The van der Waals surface area contributed by atoms with Crippen LogP contribution in [-0.2, 0) is 0 Å². The number of nitrogens with zero attached hydrogens (tertiary/aromatic N) is 1. The number of benzene rings is 1. The molecule has 0 radical (unpaired) electrons. The van der Waals surface area contributed by atoms with E-state index in [1.807, 2.05) is 12.1 Å². The molecule has 0 aromatic heterocycles. The molecule has 0 aliphatic rings. The number of rotatable bonds is 9. The van der Waals surface area contributed by atoms with Crippen molar-refractivity contribution in [3.8, 4) is 5.75 Å². The van der Waals surface area contributed by atoms with Crippen molar-refractivity contribution in [2.75, 3.05) is 31.6 Å². The van der Waals surface area contributed by atoms with Crippen LogP contribution in [-0.4, -0.2) is 26.7 Å². The fourth-order valence-corrected chi connectivity index (χ4v) is 2.22. The zero-order valence-corrected chi connectivity index (χ0v) is 12.6. The highest BCUT2D eigenvalue weighted by atomic mass is 16.5. The maximum Gasteiger partial charge on any atom is 0.142 e. The number of anilines is 1. The molecular weight excluding hydrogens is 236 g/mol. The monoisotopic (exact) mass is 264 g/mol. The summed E-state index contributed by atoms with van der Waals surface area (Å²) in [5, 5.41) is 0. The Morgan fingerprint density at radius 3 is 2.47 bits per heavy atom. The van der Waals surface area contributed by atoms with Gasteiger partial charge in [0.25, 0.3) is 0 Å². The zero-order chi connectivity index (χ0) is 14.1. The molecule has 0 heterocycles. The van der Waals surface area contributed by atoms with E-state index in [4.69, 9.17) is 10.5 Å². The molecule has 0 spiro atoms. The second-order valence-corrected chi connectivity index (χ2v) is 5.34. The molecule has 0 amide bonds. The minimum absolute atomic E-state index is 0.732. The van der Waals surface area contributed by atoms with Gasteiger partial charge in [0.1, 0.15) is 5.75 Å². The fourth-order valence-electron chi connectivity index (χ4n) is 2.22. The third-order valence-corrected chi connectivity index (χ3v) is 3.27. The summed E-state index contributed by atoms with van der Waals surface area (Å²) in [5.41, 5.74) is 6.83. The Bertz CT molecular complexity index is 352. The zero-order valence-electron chi connectivity index (χ0n) is 12.6. The molecule has 1 rings (SSSR count). The van der Waals surface area contributed by atoms with E-state index in [0.29, 0.717) is 0 Å². The van der Waals surface area contributed by atoms with Gasteiger partial charge >= 0.3 is 0 Å². The van der Waals surface area contributed by atoms with Gasteiger partial charge in [-0.1, -0.05) is 26.0 Å². The first-order valence-corrected chi connectivity index (χ1v) is 7.27. The molecule has 0 atom stereocenters. The van der Waals surface area contributed by atoms with Crippen LogP contribution >= 0.6 is 0 Å². The van der Waals surface area contributed by atoms with E-state index in [1.165, 1.54) is 18.5 Å². The van der Waals surface area contributed by atoms with Gasteiger partial charge in [-0.2, -0.15) is 0 Å². The lowest BCUT2D eigenvalue weighted by Gasteiger charge is -2.26. The number of para-hydroxylation sites is 2. The number of methoxy groups -OCH3 is 1. The van der Waals surface area contributed by atoms with Crippen LogP contribution in [0.2, 0.25) is 0 Å². The van der Waals surface area contributed by atoms with E-state index in [0.717, 1.165) is 37.7 Å². The molecule has 0 saturated heterocycles. The summed E-state index contributed by atoms with van der Waals surface area (Å²) in [4.78, 5) is 2.40. The third kappa shape index (κ3) is 5.52. The molecule has 3 heteroatoms. The minimum atomic E-state index is 0.732. The average molecular weight is 264 g/mol. The van der Waals surface area contributed by atoms with Crippen LogP contribution in [0.1, 0.15) is 33.1 Å².